The quantitative estimate of drug-likeness (QED) is 0.692. The molecule has 0 aliphatic rings. The summed E-state index contributed by atoms with van der Waals surface area (Å²) in [6.45, 7) is 4.79. The Kier molecular flexibility index (Phi) is 8.05. The molecule has 4 nitrogen and oxygen atoms in total. The number of carbonyl (C=O) groups excluding carboxylic acids is 1. The van der Waals surface area contributed by atoms with Crippen LogP contribution in [-0.4, -0.2) is 23.5 Å². The molecule has 1 atom stereocenters. The number of carbonyl (C=O) groups is 2. The molecule has 1 rings (SSSR count). The highest BCUT2D eigenvalue weighted by molar-refractivity contribution is 7.14. The van der Waals surface area contributed by atoms with E-state index in [0.717, 1.165) is 30.6 Å². The molecule has 0 radical (unpaired) electrons. The van der Waals surface area contributed by atoms with Crippen LogP contribution >= 0.6 is 11.3 Å². The number of amides is 1. The first kappa shape index (κ1) is 17.7. The Labute approximate surface area is 130 Å². The molecule has 1 amide bonds. The molecule has 5 heteroatoms. The van der Waals surface area contributed by atoms with Crippen molar-refractivity contribution >= 4 is 23.2 Å². The van der Waals surface area contributed by atoms with E-state index in [1.165, 1.54) is 16.2 Å². The summed E-state index contributed by atoms with van der Waals surface area (Å²) in [7, 11) is 0. The number of thiophene rings is 1. The standard InChI is InChI=1S/C16H25NO3S/c1-3-5-12(6-9-15(18)19)10-11-17-16(20)14-8-7-13(4-2)21-14/h7-8,12H,3-6,9-11H2,1-2H3,(H,17,20)(H,18,19). The van der Waals surface area contributed by atoms with Crippen molar-refractivity contribution in [3.05, 3.63) is 21.9 Å². The molecular weight excluding hydrogens is 286 g/mol. The zero-order valence-electron chi connectivity index (χ0n) is 12.9. The normalized spacial score (nSPS) is 12.1. The molecule has 1 aromatic rings. The van der Waals surface area contributed by atoms with Gasteiger partial charge in [0, 0.05) is 17.8 Å². The van der Waals surface area contributed by atoms with Gasteiger partial charge in [-0.3, -0.25) is 9.59 Å². The van der Waals surface area contributed by atoms with E-state index >= 15 is 0 Å². The molecule has 0 aliphatic heterocycles. The Morgan fingerprint density at radius 1 is 1.24 bits per heavy atom. The monoisotopic (exact) mass is 311 g/mol. The minimum Gasteiger partial charge on any atom is -0.481 e. The van der Waals surface area contributed by atoms with E-state index in [9.17, 15) is 9.59 Å². The molecule has 1 heterocycles. The Hall–Kier alpha value is -1.36. The second-order valence-corrected chi connectivity index (χ2v) is 6.42. The molecular formula is C16H25NO3S. The summed E-state index contributed by atoms with van der Waals surface area (Å²) in [5.74, 6) is -0.389. The third kappa shape index (κ3) is 6.76. The van der Waals surface area contributed by atoms with Crippen molar-refractivity contribution in [1.82, 2.24) is 5.32 Å². The van der Waals surface area contributed by atoms with Crippen LogP contribution in [0.5, 0.6) is 0 Å². The van der Waals surface area contributed by atoms with E-state index in [0.29, 0.717) is 18.9 Å². The van der Waals surface area contributed by atoms with E-state index in [-0.39, 0.29) is 12.3 Å². The van der Waals surface area contributed by atoms with Gasteiger partial charge >= 0.3 is 5.97 Å². The summed E-state index contributed by atoms with van der Waals surface area (Å²) in [4.78, 5) is 24.6. The Morgan fingerprint density at radius 2 is 2.00 bits per heavy atom. The maximum atomic E-state index is 12.0. The first-order valence-electron chi connectivity index (χ1n) is 7.65. The summed E-state index contributed by atoms with van der Waals surface area (Å²) < 4.78 is 0. The fourth-order valence-electron chi connectivity index (χ4n) is 2.34. The van der Waals surface area contributed by atoms with Crippen LogP contribution < -0.4 is 5.32 Å². The van der Waals surface area contributed by atoms with Gasteiger partial charge in [-0.2, -0.15) is 0 Å². The topological polar surface area (TPSA) is 66.4 Å². The molecule has 1 aromatic heterocycles. The van der Waals surface area contributed by atoms with Gasteiger partial charge in [-0.25, -0.2) is 0 Å². The van der Waals surface area contributed by atoms with Crippen LogP contribution in [0, 0.1) is 5.92 Å². The van der Waals surface area contributed by atoms with E-state index in [1.807, 2.05) is 12.1 Å². The Bertz CT molecular complexity index is 456. The first-order valence-corrected chi connectivity index (χ1v) is 8.47. The Morgan fingerprint density at radius 3 is 2.57 bits per heavy atom. The van der Waals surface area contributed by atoms with Gasteiger partial charge in [-0.05, 0) is 37.3 Å². The maximum Gasteiger partial charge on any atom is 0.303 e. The van der Waals surface area contributed by atoms with Crippen molar-refractivity contribution in [1.29, 1.82) is 0 Å². The van der Waals surface area contributed by atoms with Gasteiger partial charge in [0.25, 0.3) is 5.91 Å². The second kappa shape index (κ2) is 9.55. The number of hydrogen-bond acceptors (Lipinski definition) is 3. The van der Waals surface area contributed by atoms with Gasteiger partial charge in [0.05, 0.1) is 4.88 Å². The summed E-state index contributed by atoms with van der Waals surface area (Å²) in [5, 5.41) is 11.7. The number of carboxylic acids is 1. The molecule has 0 aromatic carbocycles. The van der Waals surface area contributed by atoms with Crippen molar-refractivity contribution in [2.45, 2.75) is 52.4 Å². The summed E-state index contributed by atoms with van der Waals surface area (Å²) in [5.41, 5.74) is 0. The van der Waals surface area contributed by atoms with Crippen molar-refractivity contribution in [3.8, 4) is 0 Å². The van der Waals surface area contributed by atoms with Crippen LogP contribution in [0.3, 0.4) is 0 Å². The largest absolute Gasteiger partial charge is 0.481 e. The molecule has 0 spiro atoms. The molecule has 0 bridgehead atoms. The predicted octanol–water partition coefficient (Wildman–Crippen LogP) is 3.71. The molecule has 21 heavy (non-hydrogen) atoms. The minimum absolute atomic E-state index is 0.0202. The number of nitrogens with one attached hydrogen (secondary N) is 1. The van der Waals surface area contributed by atoms with Gasteiger partial charge in [-0.1, -0.05) is 26.7 Å². The van der Waals surface area contributed by atoms with Crippen LogP contribution in [0.2, 0.25) is 0 Å². The highest BCUT2D eigenvalue weighted by atomic mass is 32.1. The van der Waals surface area contributed by atoms with E-state index in [4.69, 9.17) is 5.11 Å². The summed E-state index contributed by atoms with van der Waals surface area (Å²) >= 11 is 1.53. The molecule has 0 fully saturated rings. The van der Waals surface area contributed by atoms with Crippen molar-refractivity contribution in [2.75, 3.05) is 6.54 Å². The van der Waals surface area contributed by atoms with Gasteiger partial charge in [0.15, 0.2) is 0 Å². The minimum atomic E-state index is -0.745. The molecule has 0 aliphatic carbocycles. The predicted molar refractivity (Wildman–Crippen MR) is 85.9 cm³/mol. The highest BCUT2D eigenvalue weighted by Gasteiger charge is 2.12. The molecule has 0 saturated heterocycles. The van der Waals surface area contributed by atoms with Gasteiger partial charge in [-0.15, -0.1) is 11.3 Å². The molecule has 0 saturated carbocycles. The fourth-order valence-corrected chi connectivity index (χ4v) is 3.20. The average molecular weight is 311 g/mol. The number of aliphatic carboxylic acids is 1. The lowest BCUT2D eigenvalue weighted by Crippen LogP contribution is -2.25. The fraction of sp³-hybridized carbons (Fsp3) is 0.625. The van der Waals surface area contributed by atoms with Crippen LogP contribution in [0.15, 0.2) is 12.1 Å². The molecule has 118 valence electrons. The van der Waals surface area contributed by atoms with Crippen molar-refractivity contribution < 1.29 is 14.7 Å². The second-order valence-electron chi connectivity index (χ2n) is 5.25. The summed E-state index contributed by atoms with van der Waals surface area (Å²) in [6.07, 6.45) is 4.76. The van der Waals surface area contributed by atoms with Crippen LogP contribution in [0.25, 0.3) is 0 Å². The lowest BCUT2D eigenvalue weighted by Gasteiger charge is -2.15. The third-order valence-corrected chi connectivity index (χ3v) is 4.76. The number of carboxylic acid groups (broad SMARTS) is 1. The zero-order chi connectivity index (χ0) is 15.7. The van der Waals surface area contributed by atoms with Crippen LogP contribution in [0.4, 0.5) is 0 Å². The Balaban J connectivity index is 2.34. The maximum absolute atomic E-state index is 12.0. The van der Waals surface area contributed by atoms with Gasteiger partial charge in [0.1, 0.15) is 0 Å². The summed E-state index contributed by atoms with van der Waals surface area (Å²) in [6, 6.07) is 3.86. The zero-order valence-corrected chi connectivity index (χ0v) is 13.7. The van der Waals surface area contributed by atoms with Crippen molar-refractivity contribution in [2.24, 2.45) is 5.92 Å². The van der Waals surface area contributed by atoms with Crippen LogP contribution in [-0.2, 0) is 11.2 Å². The average Bonchev–Trinajstić information content (AvgIpc) is 2.93. The lowest BCUT2D eigenvalue weighted by molar-refractivity contribution is -0.137. The number of rotatable bonds is 10. The third-order valence-electron chi connectivity index (χ3n) is 3.54. The smallest absolute Gasteiger partial charge is 0.303 e. The number of aryl methyl sites for hydroxylation is 1. The van der Waals surface area contributed by atoms with Crippen molar-refractivity contribution in [3.63, 3.8) is 0 Å². The van der Waals surface area contributed by atoms with E-state index in [1.54, 1.807) is 0 Å². The highest BCUT2D eigenvalue weighted by Crippen LogP contribution is 2.18. The SMILES string of the molecule is CCCC(CCNC(=O)c1ccc(CC)s1)CCC(=O)O. The first-order chi connectivity index (χ1) is 10.1. The van der Waals surface area contributed by atoms with Gasteiger partial charge < -0.3 is 10.4 Å². The van der Waals surface area contributed by atoms with E-state index in [2.05, 4.69) is 19.2 Å². The molecule has 1 unspecified atom stereocenters. The van der Waals surface area contributed by atoms with Gasteiger partial charge in [0.2, 0.25) is 0 Å². The lowest BCUT2D eigenvalue weighted by atomic mass is 9.94. The van der Waals surface area contributed by atoms with E-state index < -0.39 is 5.97 Å². The van der Waals surface area contributed by atoms with Crippen LogP contribution in [0.1, 0.15) is 60.5 Å². The number of hydrogen-bond donors (Lipinski definition) is 2. The molecule has 2 N–H and O–H groups in total.